The number of ether oxygens (including phenoxy) is 2. The van der Waals surface area contributed by atoms with E-state index in [4.69, 9.17) is 19.1 Å². The highest BCUT2D eigenvalue weighted by molar-refractivity contribution is 5.62. The molecule has 0 fully saturated rings. The second kappa shape index (κ2) is 9.68. The molecule has 0 saturated carbocycles. The molecule has 3 rings (SSSR count). The van der Waals surface area contributed by atoms with Crippen molar-refractivity contribution in [1.29, 1.82) is 0 Å². The van der Waals surface area contributed by atoms with Crippen LogP contribution in [0.2, 0.25) is 0 Å². The average Bonchev–Trinajstić information content (AvgIpc) is 3.22. The minimum Gasteiger partial charge on any atom is -0.490 e. The third-order valence-corrected chi connectivity index (χ3v) is 4.01. The van der Waals surface area contributed by atoms with Gasteiger partial charge >= 0.3 is 6.18 Å². The molecule has 0 bridgehead atoms. The van der Waals surface area contributed by atoms with Gasteiger partial charge in [-0.3, -0.25) is 0 Å². The fraction of sp³-hybridized carbons (Fsp3) is 0.300. The normalized spacial score (nSPS) is 11.6. The van der Waals surface area contributed by atoms with Crippen molar-refractivity contribution in [3.05, 3.63) is 53.6 Å². The van der Waals surface area contributed by atoms with E-state index in [0.29, 0.717) is 12.2 Å². The summed E-state index contributed by atoms with van der Waals surface area (Å²) in [6, 6.07) is 10.3. The third-order valence-electron chi connectivity index (χ3n) is 4.01. The molecule has 0 aliphatic heterocycles. The van der Waals surface area contributed by atoms with E-state index < -0.39 is 30.8 Å². The van der Waals surface area contributed by atoms with Crippen LogP contribution < -0.4 is 4.74 Å². The first kappa shape index (κ1) is 21.7. The Morgan fingerprint density at radius 1 is 1.00 bits per heavy atom. The van der Waals surface area contributed by atoms with E-state index in [1.54, 1.807) is 24.3 Å². The lowest BCUT2D eigenvalue weighted by Gasteiger charge is -2.13. The lowest BCUT2D eigenvalue weighted by atomic mass is 10.1. The van der Waals surface area contributed by atoms with Crippen LogP contribution in [0.15, 0.2) is 47.0 Å². The summed E-state index contributed by atoms with van der Waals surface area (Å²) < 4.78 is 67.4. The molecule has 3 aromatic rings. The highest BCUT2D eigenvalue weighted by Gasteiger charge is 2.35. The third kappa shape index (κ3) is 5.33. The molecule has 10 heteroatoms. The molecule has 160 valence electrons. The number of aliphatic hydroxyl groups is 1. The zero-order chi connectivity index (χ0) is 21.6. The van der Waals surface area contributed by atoms with E-state index >= 15 is 0 Å². The molecule has 30 heavy (non-hydrogen) atoms. The first-order valence-corrected chi connectivity index (χ1v) is 8.94. The van der Waals surface area contributed by atoms with Crippen LogP contribution in [0.3, 0.4) is 0 Å². The highest BCUT2D eigenvalue weighted by atomic mass is 19.4. The Hall–Kier alpha value is -2.98. The van der Waals surface area contributed by atoms with Crippen LogP contribution in [0.4, 0.5) is 17.6 Å². The number of hydrogen-bond donors (Lipinski definition) is 1. The average molecular weight is 426 g/mol. The maximum Gasteiger partial charge on any atom is 0.419 e. The fourth-order valence-electron chi connectivity index (χ4n) is 2.62. The van der Waals surface area contributed by atoms with Crippen LogP contribution in [0.1, 0.15) is 11.1 Å². The number of alkyl halides is 4. The number of halogens is 4. The molecular formula is C20H18F4N2O4. The second-order valence-electron chi connectivity index (χ2n) is 6.14. The van der Waals surface area contributed by atoms with Gasteiger partial charge in [0.15, 0.2) is 0 Å². The van der Waals surface area contributed by atoms with E-state index in [1.807, 2.05) is 0 Å². The Bertz CT molecular complexity index is 958. The second-order valence-corrected chi connectivity index (χ2v) is 6.14. The molecule has 0 aliphatic carbocycles. The van der Waals surface area contributed by atoms with Crippen LogP contribution in [-0.2, 0) is 17.5 Å². The van der Waals surface area contributed by atoms with Gasteiger partial charge in [-0.2, -0.15) is 18.2 Å². The molecule has 1 heterocycles. The van der Waals surface area contributed by atoms with Crippen LogP contribution in [-0.4, -0.2) is 41.7 Å². The maximum atomic E-state index is 13.3. The van der Waals surface area contributed by atoms with E-state index in [-0.39, 0.29) is 30.5 Å². The summed E-state index contributed by atoms with van der Waals surface area (Å²) in [4.78, 5) is 4.16. The number of rotatable bonds is 9. The van der Waals surface area contributed by atoms with Crippen molar-refractivity contribution in [3.8, 4) is 28.6 Å². The zero-order valence-corrected chi connectivity index (χ0v) is 15.7. The predicted molar refractivity (Wildman–Crippen MR) is 98.4 cm³/mol. The zero-order valence-electron chi connectivity index (χ0n) is 15.7. The maximum absolute atomic E-state index is 13.3. The Kier molecular flexibility index (Phi) is 7.01. The molecule has 0 atom stereocenters. The first-order chi connectivity index (χ1) is 14.4. The van der Waals surface area contributed by atoms with Crippen molar-refractivity contribution in [3.63, 3.8) is 0 Å². The van der Waals surface area contributed by atoms with Gasteiger partial charge in [0.2, 0.25) is 5.82 Å². The van der Waals surface area contributed by atoms with Crippen LogP contribution in [0.25, 0.3) is 22.8 Å². The molecule has 1 N–H and O–H groups in total. The summed E-state index contributed by atoms with van der Waals surface area (Å²) in [5.41, 5.74) is 0.479. The Balaban J connectivity index is 1.81. The monoisotopic (exact) mass is 426 g/mol. The van der Waals surface area contributed by atoms with Crippen LogP contribution in [0.5, 0.6) is 5.75 Å². The van der Waals surface area contributed by atoms with Gasteiger partial charge in [0.05, 0.1) is 25.4 Å². The van der Waals surface area contributed by atoms with Crippen LogP contribution in [0, 0.1) is 0 Å². The molecule has 0 aliphatic rings. The minimum absolute atomic E-state index is 0.0581. The molecule has 1 aromatic heterocycles. The summed E-state index contributed by atoms with van der Waals surface area (Å²) in [6.45, 7) is -0.891. The van der Waals surface area contributed by atoms with Crippen molar-refractivity contribution in [2.75, 3.05) is 26.5 Å². The molecule has 0 amide bonds. The minimum atomic E-state index is -4.70. The lowest BCUT2D eigenvalue weighted by Crippen LogP contribution is -2.10. The largest absolute Gasteiger partial charge is 0.490 e. The number of aliphatic hydroxyl groups excluding tert-OH is 1. The summed E-state index contributed by atoms with van der Waals surface area (Å²) in [6.07, 6.45) is -4.70. The molecule has 2 aromatic carbocycles. The van der Waals surface area contributed by atoms with Crippen molar-refractivity contribution < 1.29 is 36.7 Å². The number of benzene rings is 2. The lowest BCUT2D eigenvalue weighted by molar-refractivity contribution is -0.138. The summed E-state index contributed by atoms with van der Waals surface area (Å²) in [5, 5.41) is 12.5. The van der Waals surface area contributed by atoms with Gasteiger partial charge in [-0.05, 0) is 23.8 Å². The van der Waals surface area contributed by atoms with Crippen LogP contribution >= 0.6 is 0 Å². The molecular weight excluding hydrogens is 408 g/mol. The van der Waals surface area contributed by atoms with Gasteiger partial charge in [-0.1, -0.05) is 29.4 Å². The summed E-state index contributed by atoms with van der Waals surface area (Å²) in [7, 11) is 0. The molecule has 0 unspecified atom stereocenters. The molecule has 6 nitrogen and oxygen atoms in total. The topological polar surface area (TPSA) is 77.6 Å². The van der Waals surface area contributed by atoms with E-state index in [2.05, 4.69) is 10.1 Å². The summed E-state index contributed by atoms with van der Waals surface area (Å²) >= 11 is 0. The molecule has 0 saturated heterocycles. The quantitative estimate of drug-likeness (QED) is 0.407. The van der Waals surface area contributed by atoms with Crippen molar-refractivity contribution in [2.24, 2.45) is 0 Å². The Labute approximate surface area is 169 Å². The van der Waals surface area contributed by atoms with E-state index in [9.17, 15) is 17.6 Å². The standard InChI is InChI=1S/C20H18F4N2O4/c21-7-9-29-17-6-5-15(11-16(17)20(22,23)24)19-25-18(26-30-19)14-3-1-13(2-4-14)12-28-10-8-27/h1-6,11,27H,7-10,12H2. The predicted octanol–water partition coefficient (Wildman–Crippen LogP) is 4.28. The Morgan fingerprint density at radius 2 is 1.73 bits per heavy atom. The van der Waals surface area contributed by atoms with Gasteiger partial charge in [-0.25, -0.2) is 4.39 Å². The Morgan fingerprint density at radius 3 is 2.40 bits per heavy atom. The highest BCUT2D eigenvalue weighted by Crippen LogP contribution is 2.38. The van der Waals surface area contributed by atoms with Gasteiger partial charge < -0.3 is 19.1 Å². The van der Waals surface area contributed by atoms with E-state index in [0.717, 1.165) is 17.7 Å². The van der Waals surface area contributed by atoms with Gasteiger partial charge in [-0.15, -0.1) is 0 Å². The van der Waals surface area contributed by atoms with Gasteiger partial charge in [0, 0.05) is 11.1 Å². The smallest absolute Gasteiger partial charge is 0.419 e. The van der Waals surface area contributed by atoms with Gasteiger partial charge in [0.1, 0.15) is 19.0 Å². The summed E-state index contributed by atoms with van der Waals surface area (Å²) in [5.74, 6) is -0.357. The number of aromatic nitrogens is 2. The molecule has 0 radical (unpaired) electrons. The fourth-order valence-corrected chi connectivity index (χ4v) is 2.62. The SMILES string of the molecule is OCCOCc1ccc(-c2noc(-c3ccc(OCCF)c(C(F)(F)F)c3)n2)cc1. The first-order valence-electron chi connectivity index (χ1n) is 8.94. The number of hydrogen-bond acceptors (Lipinski definition) is 6. The van der Waals surface area contributed by atoms with Crippen molar-refractivity contribution in [2.45, 2.75) is 12.8 Å². The van der Waals surface area contributed by atoms with Gasteiger partial charge in [0.25, 0.3) is 5.89 Å². The van der Waals surface area contributed by atoms with Crippen molar-refractivity contribution >= 4 is 0 Å². The van der Waals surface area contributed by atoms with Crippen molar-refractivity contribution in [1.82, 2.24) is 10.1 Å². The van der Waals surface area contributed by atoms with E-state index in [1.165, 1.54) is 6.07 Å². The number of nitrogens with zero attached hydrogens (tertiary/aromatic N) is 2. The molecule has 0 spiro atoms.